The van der Waals surface area contributed by atoms with Crippen molar-refractivity contribution in [1.82, 2.24) is 0 Å². The number of aromatic carboxylic acids is 2. The highest BCUT2D eigenvalue weighted by atomic mass is 16.4. The number of carboxylic acids is 2. The van der Waals surface area contributed by atoms with E-state index in [1.807, 2.05) is 0 Å². The molecule has 0 atom stereocenters. The van der Waals surface area contributed by atoms with Crippen LogP contribution in [0.4, 0.5) is 0 Å². The first-order valence-corrected chi connectivity index (χ1v) is 6.38. The number of carbonyl (C=O) groups excluding carboxylic acids is 1. The lowest BCUT2D eigenvalue weighted by atomic mass is 10.1. The van der Waals surface area contributed by atoms with Gasteiger partial charge in [0.05, 0.1) is 39.2 Å². The predicted molar refractivity (Wildman–Crippen MR) is 75.5 cm³/mol. The highest BCUT2D eigenvalue weighted by molar-refractivity contribution is 5.90. The minimum absolute atomic E-state index is 0.0278. The van der Waals surface area contributed by atoms with E-state index >= 15 is 0 Å². The van der Waals surface area contributed by atoms with E-state index in [1.165, 1.54) is 30.8 Å². The number of carboxylic acid groups (broad SMARTS) is 2. The Morgan fingerprint density at radius 3 is 1.70 bits per heavy atom. The summed E-state index contributed by atoms with van der Waals surface area (Å²) in [5, 5.41) is 18.7. The molecule has 112 valence electrons. The zero-order valence-electron chi connectivity index (χ0n) is 12.7. The smallest absolute Gasteiger partial charge is 0.335 e. The second-order valence-corrected chi connectivity index (χ2v) is 6.04. The van der Waals surface area contributed by atoms with Crippen LogP contribution < -0.4 is 5.11 Å². The Hall–Kier alpha value is -1.88. The first-order valence-electron chi connectivity index (χ1n) is 6.38. The molecule has 0 saturated carbocycles. The van der Waals surface area contributed by atoms with E-state index in [1.54, 1.807) is 0 Å². The molecule has 1 aromatic carbocycles. The fraction of sp³-hybridized carbons (Fsp3) is 0.467. The molecule has 1 aromatic rings. The van der Waals surface area contributed by atoms with Gasteiger partial charge in [-0.15, -0.1) is 0 Å². The van der Waals surface area contributed by atoms with Crippen LogP contribution in [0.1, 0.15) is 34.6 Å². The van der Waals surface area contributed by atoms with Crippen molar-refractivity contribution in [3.05, 3.63) is 35.4 Å². The minimum atomic E-state index is -1.31. The minimum Gasteiger partial charge on any atom is -0.545 e. The van der Waals surface area contributed by atoms with Crippen LogP contribution in [0.25, 0.3) is 0 Å². The summed E-state index contributed by atoms with van der Waals surface area (Å²) < 4.78 is 1.08. The summed E-state index contributed by atoms with van der Waals surface area (Å²) in [6.07, 6.45) is 0. The van der Waals surface area contributed by atoms with Crippen LogP contribution in [-0.4, -0.2) is 49.2 Å². The van der Waals surface area contributed by atoms with Gasteiger partial charge in [0.1, 0.15) is 0 Å². The Kier molecular flexibility index (Phi) is 6.93. The van der Waals surface area contributed by atoms with E-state index in [9.17, 15) is 14.7 Å². The topological polar surface area (TPSA) is 77.4 Å². The molecule has 0 fully saturated rings. The zero-order valence-corrected chi connectivity index (χ0v) is 12.7. The summed E-state index contributed by atoms with van der Waals surface area (Å²) in [6.45, 7) is 5.77. The maximum atomic E-state index is 10.3. The predicted octanol–water partition coefficient (Wildman–Crippen LogP) is 1.10. The van der Waals surface area contributed by atoms with E-state index in [-0.39, 0.29) is 11.1 Å². The maximum absolute atomic E-state index is 10.3. The van der Waals surface area contributed by atoms with E-state index < -0.39 is 11.9 Å². The van der Waals surface area contributed by atoms with Crippen LogP contribution >= 0.6 is 0 Å². The van der Waals surface area contributed by atoms with E-state index in [4.69, 9.17) is 5.11 Å². The van der Waals surface area contributed by atoms with Crippen LogP contribution in [0.2, 0.25) is 0 Å². The molecule has 0 aliphatic rings. The van der Waals surface area contributed by atoms with Gasteiger partial charge in [-0.3, -0.25) is 0 Å². The van der Waals surface area contributed by atoms with Gasteiger partial charge < -0.3 is 19.5 Å². The molecule has 0 spiro atoms. The van der Waals surface area contributed by atoms with Gasteiger partial charge in [0, 0.05) is 5.92 Å². The molecule has 1 N–H and O–H groups in total. The van der Waals surface area contributed by atoms with Crippen LogP contribution in [0, 0.1) is 5.92 Å². The SMILES string of the molecule is CC(C)C[N+](C)(C)C.O=C([O-])c1ccc(C(=O)O)cc1. The molecule has 5 heteroatoms. The number of nitrogens with zero attached hydrogens (tertiary/aromatic N) is 1. The van der Waals surface area contributed by atoms with E-state index in [2.05, 4.69) is 35.0 Å². The van der Waals surface area contributed by atoms with Gasteiger partial charge in [0.25, 0.3) is 0 Å². The second kappa shape index (κ2) is 7.65. The third kappa shape index (κ3) is 8.26. The first kappa shape index (κ1) is 18.1. The van der Waals surface area contributed by atoms with E-state index in [0.29, 0.717) is 0 Å². The number of benzene rings is 1. The van der Waals surface area contributed by atoms with Gasteiger partial charge in [-0.2, -0.15) is 0 Å². The van der Waals surface area contributed by atoms with Gasteiger partial charge in [0.2, 0.25) is 0 Å². The molecule has 0 aromatic heterocycles. The number of hydrogen-bond donors (Lipinski definition) is 1. The number of carbonyl (C=O) groups is 2. The molecule has 0 aliphatic carbocycles. The summed E-state index contributed by atoms with van der Waals surface area (Å²) in [5.74, 6) is -1.58. The van der Waals surface area contributed by atoms with Crippen molar-refractivity contribution in [2.24, 2.45) is 5.92 Å². The molecule has 20 heavy (non-hydrogen) atoms. The van der Waals surface area contributed by atoms with Crippen molar-refractivity contribution < 1.29 is 24.3 Å². The molecule has 0 heterocycles. The van der Waals surface area contributed by atoms with Gasteiger partial charge in [-0.1, -0.05) is 26.0 Å². The standard InChI is InChI=1S/C8H6O4.C7H18N/c9-7(10)5-1-2-6(4-3-5)8(11)12;1-7(2)6-8(3,4)5/h1-4H,(H,9,10)(H,11,12);7H,6H2,1-5H3/q;+1/p-1. The summed E-state index contributed by atoms with van der Waals surface area (Å²) >= 11 is 0. The molecule has 0 amide bonds. The first-order chi connectivity index (χ1) is 9.03. The number of hydrogen-bond acceptors (Lipinski definition) is 3. The Morgan fingerprint density at radius 2 is 1.50 bits per heavy atom. The third-order valence-corrected chi connectivity index (χ3v) is 2.28. The maximum Gasteiger partial charge on any atom is 0.335 e. The second-order valence-electron chi connectivity index (χ2n) is 6.04. The quantitative estimate of drug-likeness (QED) is 0.838. The highest BCUT2D eigenvalue weighted by Crippen LogP contribution is 2.03. The zero-order chi connectivity index (χ0) is 15.9. The summed E-state index contributed by atoms with van der Waals surface area (Å²) in [5.41, 5.74) is 0.0278. The highest BCUT2D eigenvalue weighted by Gasteiger charge is 2.08. The van der Waals surface area contributed by atoms with Crippen molar-refractivity contribution in [2.75, 3.05) is 27.7 Å². The summed E-state index contributed by atoms with van der Waals surface area (Å²) in [6, 6.07) is 4.82. The third-order valence-electron chi connectivity index (χ3n) is 2.28. The Bertz CT molecular complexity index is 411. The number of quaternary nitrogens is 1. The normalized spacial score (nSPS) is 10.7. The van der Waals surface area contributed by atoms with Crippen LogP contribution in [0.3, 0.4) is 0 Å². The van der Waals surface area contributed by atoms with Crippen LogP contribution in [0.5, 0.6) is 0 Å². The average molecular weight is 281 g/mol. The Morgan fingerprint density at radius 1 is 1.10 bits per heavy atom. The molecule has 0 radical (unpaired) electrons. The van der Waals surface area contributed by atoms with Gasteiger partial charge in [-0.05, 0) is 17.7 Å². The van der Waals surface area contributed by atoms with Crippen molar-refractivity contribution >= 4 is 11.9 Å². The van der Waals surface area contributed by atoms with Crippen LogP contribution in [-0.2, 0) is 0 Å². The Labute approximate surface area is 120 Å². The molecule has 0 bridgehead atoms. The molecule has 5 nitrogen and oxygen atoms in total. The van der Waals surface area contributed by atoms with Gasteiger partial charge in [0.15, 0.2) is 0 Å². The molecule has 1 rings (SSSR count). The molecule has 0 aliphatic heterocycles. The molecular formula is C15H23NO4. The number of rotatable bonds is 4. The average Bonchev–Trinajstić information content (AvgIpc) is 2.26. The Balaban J connectivity index is 0.000000396. The monoisotopic (exact) mass is 281 g/mol. The lowest BCUT2D eigenvalue weighted by Gasteiger charge is -2.25. The van der Waals surface area contributed by atoms with Crippen molar-refractivity contribution in [2.45, 2.75) is 13.8 Å². The van der Waals surface area contributed by atoms with E-state index in [0.717, 1.165) is 10.4 Å². The fourth-order valence-corrected chi connectivity index (χ4v) is 1.84. The molecular weight excluding hydrogens is 258 g/mol. The summed E-state index contributed by atoms with van der Waals surface area (Å²) in [4.78, 5) is 20.5. The molecule has 0 unspecified atom stereocenters. The largest absolute Gasteiger partial charge is 0.545 e. The fourth-order valence-electron chi connectivity index (χ4n) is 1.84. The van der Waals surface area contributed by atoms with Crippen molar-refractivity contribution in [1.29, 1.82) is 0 Å². The lowest BCUT2D eigenvalue weighted by molar-refractivity contribution is -0.873. The van der Waals surface area contributed by atoms with Crippen molar-refractivity contribution in [3.8, 4) is 0 Å². The summed E-state index contributed by atoms with van der Waals surface area (Å²) in [7, 11) is 6.67. The van der Waals surface area contributed by atoms with Gasteiger partial charge in [-0.25, -0.2) is 4.79 Å². The lowest BCUT2D eigenvalue weighted by Crippen LogP contribution is -2.37. The van der Waals surface area contributed by atoms with Gasteiger partial charge >= 0.3 is 5.97 Å². The molecule has 0 saturated heterocycles. The van der Waals surface area contributed by atoms with Crippen LogP contribution in [0.15, 0.2) is 24.3 Å². The van der Waals surface area contributed by atoms with Crippen molar-refractivity contribution in [3.63, 3.8) is 0 Å².